The Morgan fingerprint density at radius 2 is 1.91 bits per heavy atom. The summed E-state index contributed by atoms with van der Waals surface area (Å²) in [6.07, 6.45) is 0.928. The molecule has 1 amide bonds. The molecule has 6 heteroatoms. The van der Waals surface area contributed by atoms with Gasteiger partial charge in [0.2, 0.25) is 0 Å². The van der Waals surface area contributed by atoms with Gasteiger partial charge in [0.15, 0.2) is 5.78 Å². The minimum Gasteiger partial charge on any atom is -0.445 e. The van der Waals surface area contributed by atoms with Gasteiger partial charge in [-0.2, -0.15) is 0 Å². The maximum Gasteiger partial charge on any atom is 0.410 e. The Bertz CT molecular complexity index is 644. The van der Waals surface area contributed by atoms with Crippen LogP contribution in [0, 0.1) is 0 Å². The fraction of sp³-hybridized carbons (Fsp3) is 0.188. The molecule has 0 saturated carbocycles. The van der Waals surface area contributed by atoms with Crippen LogP contribution in [-0.4, -0.2) is 35.4 Å². The molecule has 0 fully saturated rings. The Labute approximate surface area is 137 Å². The van der Waals surface area contributed by atoms with Crippen molar-refractivity contribution in [2.24, 2.45) is 0 Å². The maximum absolute atomic E-state index is 12.0. The number of hydrogen-bond acceptors (Lipinski definition) is 4. The lowest BCUT2D eigenvalue weighted by atomic mass is 10.2. The van der Waals surface area contributed by atoms with Crippen LogP contribution in [0.5, 0.6) is 0 Å². The number of nitrogens with zero attached hydrogens (tertiary/aromatic N) is 2. The molecule has 0 unspecified atom stereocenters. The number of rotatable bonds is 5. The smallest absolute Gasteiger partial charge is 0.410 e. The Morgan fingerprint density at radius 3 is 2.55 bits per heavy atom. The summed E-state index contributed by atoms with van der Waals surface area (Å²) in [6.45, 7) is 0.120. The van der Waals surface area contributed by atoms with Crippen molar-refractivity contribution < 1.29 is 14.3 Å². The number of amides is 1. The minimum absolute atomic E-state index is 0.0586. The number of ketones is 1. The summed E-state index contributed by atoms with van der Waals surface area (Å²) in [7, 11) is 1.53. The highest BCUT2D eigenvalue weighted by molar-refractivity contribution is 9.10. The van der Waals surface area contributed by atoms with Gasteiger partial charge < -0.3 is 9.64 Å². The lowest BCUT2D eigenvalue weighted by Gasteiger charge is -2.16. The van der Waals surface area contributed by atoms with Crippen LogP contribution in [-0.2, 0) is 11.3 Å². The molecule has 0 radical (unpaired) electrons. The molecule has 0 aliphatic heterocycles. The third-order valence-corrected chi connectivity index (χ3v) is 3.42. The van der Waals surface area contributed by atoms with Crippen LogP contribution in [0.2, 0.25) is 0 Å². The number of hydrogen-bond donors (Lipinski definition) is 0. The molecule has 0 aliphatic carbocycles. The second-order valence-electron chi connectivity index (χ2n) is 4.69. The highest BCUT2D eigenvalue weighted by atomic mass is 79.9. The second kappa shape index (κ2) is 7.70. The molecule has 114 valence electrons. The van der Waals surface area contributed by atoms with Crippen molar-refractivity contribution in [1.29, 1.82) is 0 Å². The number of pyridine rings is 1. The molecule has 1 heterocycles. The Morgan fingerprint density at radius 1 is 1.18 bits per heavy atom. The number of likely N-dealkylation sites (N-methyl/N-ethyl adjacent to an activating group) is 1. The fourth-order valence-corrected chi connectivity index (χ4v) is 1.98. The zero-order chi connectivity index (χ0) is 15.9. The molecule has 0 aliphatic rings. The van der Waals surface area contributed by atoms with Crippen molar-refractivity contribution in [2.45, 2.75) is 6.61 Å². The first kappa shape index (κ1) is 16.2. The second-order valence-corrected chi connectivity index (χ2v) is 5.50. The standard InChI is InChI=1S/C16H15BrN2O3/c1-19(10-14(20)13-7-8-15(17)18-9-13)16(21)22-11-12-5-3-2-4-6-12/h2-9H,10-11H2,1H3. The molecule has 0 spiro atoms. The van der Waals surface area contributed by atoms with Gasteiger partial charge in [-0.3, -0.25) is 4.79 Å². The Kier molecular flexibility index (Phi) is 5.66. The van der Waals surface area contributed by atoms with Crippen molar-refractivity contribution >= 4 is 27.8 Å². The van der Waals surface area contributed by atoms with E-state index in [1.54, 1.807) is 12.1 Å². The first-order valence-electron chi connectivity index (χ1n) is 6.63. The molecule has 2 rings (SSSR count). The van der Waals surface area contributed by atoms with Crippen LogP contribution in [0.25, 0.3) is 0 Å². The number of carbonyl (C=O) groups excluding carboxylic acids is 2. The summed E-state index contributed by atoms with van der Waals surface area (Å²) >= 11 is 3.20. The molecule has 0 N–H and O–H groups in total. The monoisotopic (exact) mass is 362 g/mol. The van der Waals surface area contributed by atoms with E-state index in [4.69, 9.17) is 4.74 Å². The third-order valence-electron chi connectivity index (χ3n) is 2.95. The first-order chi connectivity index (χ1) is 10.6. The maximum atomic E-state index is 12.0. The summed E-state index contributed by atoms with van der Waals surface area (Å²) in [5.74, 6) is -0.195. The van der Waals surface area contributed by atoms with Gasteiger partial charge in [0.1, 0.15) is 11.2 Å². The van der Waals surface area contributed by atoms with Crippen molar-refractivity contribution in [3.05, 3.63) is 64.4 Å². The summed E-state index contributed by atoms with van der Waals surface area (Å²) in [4.78, 5) is 29.1. The van der Waals surface area contributed by atoms with Gasteiger partial charge in [-0.05, 0) is 33.6 Å². The molecular formula is C16H15BrN2O3. The van der Waals surface area contributed by atoms with Gasteiger partial charge >= 0.3 is 6.09 Å². The van der Waals surface area contributed by atoms with Crippen LogP contribution in [0.15, 0.2) is 53.3 Å². The fourth-order valence-electron chi connectivity index (χ4n) is 1.74. The molecule has 5 nitrogen and oxygen atoms in total. The van der Waals surface area contributed by atoms with Crippen molar-refractivity contribution in [1.82, 2.24) is 9.88 Å². The van der Waals surface area contributed by atoms with Crippen molar-refractivity contribution in [3.63, 3.8) is 0 Å². The Hall–Kier alpha value is -2.21. The minimum atomic E-state index is -0.540. The summed E-state index contributed by atoms with van der Waals surface area (Å²) < 4.78 is 5.81. The predicted octanol–water partition coefficient (Wildman–Crippen LogP) is 3.30. The first-order valence-corrected chi connectivity index (χ1v) is 7.42. The predicted molar refractivity (Wildman–Crippen MR) is 85.5 cm³/mol. The largest absolute Gasteiger partial charge is 0.445 e. The number of ether oxygens (including phenoxy) is 1. The molecule has 1 aromatic carbocycles. The zero-order valence-electron chi connectivity index (χ0n) is 12.0. The van der Waals surface area contributed by atoms with Crippen LogP contribution >= 0.6 is 15.9 Å². The van der Waals surface area contributed by atoms with Crippen LogP contribution in [0.3, 0.4) is 0 Å². The van der Waals surface area contributed by atoms with E-state index in [1.165, 1.54) is 18.1 Å². The van der Waals surface area contributed by atoms with Gasteiger partial charge in [-0.25, -0.2) is 9.78 Å². The number of halogens is 1. The number of Topliss-reactive ketones (excluding diaryl/α,β-unsaturated/α-hetero) is 1. The molecule has 0 bridgehead atoms. The quantitative estimate of drug-likeness (QED) is 0.604. The van der Waals surface area contributed by atoms with E-state index in [-0.39, 0.29) is 18.9 Å². The van der Waals surface area contributed by atoms with E-state index >= 15 is 0 Å². The van der Waals surface area contributed by atoms with E-state index < -0.39 is 6.09 Å². The van der Waals surface area contributed by atoms with E-state index in [0.717, 1.165) is 5.56 Å². The van der Waals surface area contributed by atoms with Crippen molar-refractivity contribution in [2.75, 3.05) is 13.6 Å². The molecule has 22 heavy (non-hydrogen) atoms. The van der Waals surface area contributed by atoms with E-state index in [1.807, 2.05) is 30.3 Å². The Balaban J connectivity index is 1.85. The summed E-state index contributed by atoms with van der Waals surface area (Å²) in [5.41, 5.74) is 1.35. The summed E-state index contributed by atoms with van der Waals surface area (Å²) in [6, 6.07) is 12.7. The van der Waals surface area contributed by atoms with Gasteiger partial charge in [0.05, 0.1) is 6.54 Å². The highest BCUT2D eigenvalue weighted by Crippen LogP contribution is 2.08. The van der Waals surface area contributed by atoms with Crippen LogP contribution in [0.1, 0.15) is 15.9 Å². The molecule has 0 saturated heterocycles. The average Bonchev–Trinajstić information content (AvgIpc) is 2.54. The third kappa shape index (κ3) is 4.66. The average molecular weight is 363 g/mol. The molecule has 0 atom stereocenters. The number of carbonyl (C=O) groups is 2. The van der Waals surface area contributed by atoms with Gasteiger partial charge in [-0.15, -0.1) is 0 Å². The van der Waals surface area contributed by atoms with Gasteiger partial charge in [0.25, 0.3) is 0 Å². The van der Waals surface area contributed by atoms with Crippen LogP contribution in [0.4, 0.5) is 4.79 Å². The van der Waals surface area contributed by atoms with Gasteiger partial charge in [0, 0.05) is 18.8 Å². The lowest BCUT2D eigenvalue weighted by molar-refractivity contribution is 0.0850. The lowest BCUT2D eigenvalue weighted by Crippen LogP contribution is -2.32. The summed E-state index contributed by atoms with van der Waals surface area (Å²) in [5, 5.41) is 0. The number of aromatic nitrogens is 1. The molecule has 2 aromatic rings. The van der Waals surface area contributed by atoms with Crippen molar-refractivity contribution in [3.8, 4) is 0 Å². The topological polar surface area (TPSA) is 59.5 Å². The zero-order valence-corrected chi connectivity index (χ0v) is 13.6. The van der Waals surface area contributed by atoms with Gasteiger partial charge in [-0.1, -0.05) is 30.3 Å². The SMILES string of the molecule is CN(CC(=O)c1ccc(Br)nc1)C(=O)OCc1ccccc1. The van der Waals surface area contributed by atoms with E-state index in [0.29, 0.717) is 10.2 Å². The normalized spacial score (nSPS) is 10.1. The molecule has 1 aromatic heterocycles. The number of benzene rings is 1. The highest BCUT2D eigenvalue weighted by Gasteiger charge is 2.15. The van der Waals surface area contributed by atoms with E-state index in [9.17, 15) is 9.59 Å². The molecular weight excluding hydrogens is 348 g/mol. The van der Waals surface area contributed by atoms with Crippen LogP contribution < -0.4 is 0 Å². The van der Waals surface area contributed by atoms with E-state index in [2.05, 4.69) is 20.9 Å².